The summed E-state index contributed by atoms with van der Waals surface area (Å²) in [5.74, 6) is 1.61. The lowest BCUT2D eigenvalue weighted by atomic mass is 10.2. The Labute approximate surface area is 145 Å². The fourth-order valence-electron chi connectivity index (χ4n) is 3.12. The summed E-state index contributed by atoms with van der Waals surface area (Å²) in [7, 11) is 1.66. The third kappa shape index (κ3) is 3.24. The topological polar surface area (TPSA) is 86.3 Å². The second kappa shape index (κ2) is 6.27. The largest absolute Gasteiger partial charge is 0.352 e. The number of aromatic nitrogens is 3. The molecule has 2 aliphatic rings. The van der Waals surface area contributed by atoms with Gasteiger partial charge in [0.1, 0.15) is 5.69 Å². The molecule has 2 amide bonds. The van der Waals surface area contributed by atoms with Gasteiger partial charge in [-0.05, 0) is 25.0 Å². The number of H-pyrrole nitrogens is 1. The lowest BCUT2D eigenvalue weighted by molar-refractivity contribution is 0.208. The van der Waals surface area contributed by atoms with Crippen LogP contribution in [-0.2, 0) is 7.05 Å². The molecule has 1 aliphatic carbocycles. The van der Waals surface area contributed by atoms with Crippen molar-refractivity contribution in [1.82, 2.24) is 19.7 Å². The first kappa shape index (κ1) is 15.7. The molecule has 4 rings (SSSR count). The van der Waals surface area contributed by atoms with Crippen LogP contribution in [0.25, 0.3) is 0 Å². The number of hydrogen-bond acceptors (Lipinski definition) is 4. The molecule has 8 heteroatoms. The zero-order chi connectivity index (χ0) is 17.4. The molecule has 0 atom stereocenters. The Morgan fingerprint density at radius 2 is 2.04 bits per heavy atom. The van der Waals surface area contributed by atoms with Gasteiger partial charge in [-0.3, -0.25) is 9.89 Å². The number of aromatic amines is 1. The number of carbonyl (C=O) groups is 1. The van der Waals surface area contributed by atoms with Gasteiger partial charge in [-0.2, -0.15) is 5.10 Å². The van der Waals surface area contributed by atoms with Crippen molar-refractivity contribution in [3.05, 3.63) is 40.4 Å². The van der Waals surface area contributed by atoms with E-state index in [1.165, 1.54) is 23.1 Å². The molecule has 3 heterocycles. The molecule has 1 aliphatic heterocycles. The highest BCUT2D eigenvalue weighted by molar-refractivity contribution is 5.89. The van der Waals surface area contributed by atoms with Crippen LogP contribution >= 0.6 is 0 Å². The van der Waals surface area contributed by atoms with E-state index in [-0.39, 0.29) is 11.6 Å². The number of anilines is 2. The molecule has 0 spiro atoms. The summed E-state index contributed by atoms with van der Waals surface area (Å²) in [6.45, 7) is 2.67. The molecule has 0 unspecified atom stereocenters. The van der Waals surface area contributed by atoms with Gasteiger partial charge in [0.05, 0.1) is 0 Å². The van der Waals surface area contributed by atoms with Gasteiger partial charge in [0.2, 0.25) is 0 Å². The minimum Gasteiger partial charge on any atom is -0.352 e. The maximum atomic E-state index is 12.4. The number of hydrogen-bond donors (Lipinski definition) is 2. The summed E-state index contributed by atoms with van der Waals surface area (Å²) in [5, 5.41) is 10.2. The van der Waals surface area contributed by atoms with E-state index < -0.39 is 0 Å². The number of amides is 2. The summed E-state index contributed by atoms with van der Waals surface area (Å²) in [6, 6.07) is 5.26. The maximum Gasteiger partial charge on any atom is 0.322 e. The van der Waals surface area contributed by atoms with Crippen LogP contribution < -0.4 is 15.8 Å². The number of pyridine rings is 1. The third-order valence-electron chi connectivity index (χ3n) is 4.86. The molecule has 0 radical (unpaired) electrons. The van der Waals surface area contributed by atoms with E-state index in [1.807, 2.05) is 0 Å². The van der Waals surface area contributed by atoms with Crippen molar-refractivity contribution >= 4 is 17.5 Å². The molecule has 0 bridgehead atoms. The summed E-state index contributed by atoms with van der Waals surface area (Å²) in [5.41, 5.74) is 1.31. The number of nitrogens with one attached hydrogen (secondary N) is 2. The Bertz CT molecular complexity index is 830. The first-order valence-corrected chi connectivity index (χ1v) is 8.63. The molecular formula is C17H22N6O2. The quantitative estimate of drug-likeness (QED) is 0.881. The van der Waals surface area contributed by atoms with Crippen molar-refractivity contribution in [1.29, 1.82) is 0 Å². The number of piperazine rings is 1. The number of aryl methyl sites for hydroxylation is 1. The van der Waals surface area contributed by atoms with Crippen LogP contribution in [-0.4, -0.2) is 51.9 Å². The van der Waals surface area contributed by atoms with E-state index in [4.69, 9.17) is 0 Å². The third-order valence-corrected chi connectivity index (χ3v) is 4.86. The molecule has 1 saturated heterocycles. The summed E-state index contributed by atoms with van der Waals surface area (Å²) >= 11 is 0. The highest BCUT2D eigenvalue weighted by Crippen LogP contribution is 2.39. The van der Waals surface area contributed by atoms with Crippen LogP contribution in [0.5, 0.6) is 0 Å². The minimum absolute atomic E-state index is 0.210. The lowest BCUT2D eigenvalue weighted by Crippen LogP contribution is -2.50. The monoisotopic (exact) mass is 342 g/mol. The number of rotatable bonds is 3. The molecule has 1 saturated carbocycles. The summed E-state index contributed by atoms with van der Waals surface area (Å²) in [6.07, 6.45) is 4.15. The van der Waals surface area contributed by atoms with Crippen LogP contribution in [0.15, 0.2) is 29.2 Å². The summed E-state index contributed by atoms with van der Waals surface area (Å²) in [4.78, 5) is 28.3. The van der Waals surface area contributed by atoms with Gasteiger partial charge in [-0.15, -0.1) is 0 Å². The van der Waals surface area contributed by atoms with Gasteiger partial charge in [0.25, 0.3) is 5.56 Å². The average molecular weight is 342 g/mol. The van der Waals surface area contributed by atoms with Crippen LogP contribution in [0.4, 0.5) is 16.3 Å². The molecule has 132 valence electrons. The zero-order valence-electron chi connectivity index (χ0n) is 14.2. The first-order valence-electron chi connectivity index (χ1n) is 8.63. The normalized spacial score (nSPS) is 17.6. The molecule has 2 aromatic rings. The van der Waals surface area contributed by atoms with E-state index >= 15 is 0 Å². The fraction of sp³-hybridized carbons (Fsp3) is 0.471. The Morgan fingerprint density at radius 3 is 2.76 bits per heavy atom. The number of nitrogens with zero attached hydrogens (tertiary/aromatic N) is 4. The lowest BCUT2D eigenvalue weighted by Gasteiger charge is -2.34. The molecule has 2 fully saturated rings. The predicted molar refractivity (Wildman–Crippen MR) is 95.1 cm³/mol. The van der Waals surface area contributed by atoms with E-state index in [2.05, 4.69) is 26.5 Å². The molecular weight excluding hydrogens is 320 g/mol. The second-order valence-electron chi connectivity index (χ2n) is 6.70. The first-order chi connectivity index (χ1) is 12.1. The predicted octanol–water partition coefficient (Wildman–Crippen LogP) is 1.34. The van der Waals surface area contributed by atoms with Crippen molar-refractivity contribution in [2.45, 2.75) is 18.8 Å². The molecule has 25 heavy (non-hydrogen) atoms. The van der Waals surface area contributed by atoms with Crippen LogP contribution in [0.1, 0.15) is 24.5 Å². The van der Waals surface area contributed by atoms with Gasteiger partial charge in [0.15, 0.2) is 5.82 Å². The average Bonchev–Trinajstić information content (AvgIpc) is 3.36. The van der Waals surface area contributed by atoms with Crippen molar-refractivity contribution < 1.29 is 4.79 Å². The minimum atomic E-state index is -0.233. The number of carbonyl (C=O) groups excluding carboxylic acids is 1. The maximum absolute atomic E-state index is 12.4. The van der Waals surface area contributed by atoms with Crippen LogP contribution in [0.3, 0.4) is 0 Å². The molecule has 2 aromatic heterocycles. The molecule has 0 aromatic carbocycles. The zero-order valence-corrected chi connectivity index (χ0v) is 14.2. The second-order valence-corrected chi connectivity index (χ2v) is 6.70. The fourth-order valence-corrected chi connectivity index (χ4v) is 3.12. The van der Waals surface area contributed by atoms with Crippen molar-refractivity contribution in [2.24, 2.45) is 7.05 Å². The highest BCUT2D eigenvalue weighted by atomic mass is 16.2. The van der Waals surface area contributed by atoms with Crippen molar-refractivity contribution in [3.8, 4) is 0 Å². The Balaban J connectivity index is 1.35. The van der Waals surface area contributed by atoms with E-state index in [0.717, 1.165) is 18.9 Å². The van der Waals surface area contributed by atoms with Crippen LogP contribution in [0.2, 0.25) is 0 Å². The van der Waals surface area contributed by atoms with Gasteiger partial charge in [0, 0.05) is 57.1 Å². The standard InChI is InChI=1S/C17H22N6O2/c1-21-6-2-3-13(16(21)24)18-17(25)23-9-7-22(8-10-23)15-11-14(19-20-15)12-4-5-12/h2-3,6,11-12H,4-5,7-10H2,1H3,(H,18,25)(H,19,20). The Hall–Kier alpha value is -2.77. The number of urea groups is 1. The van der Waals surface area contributed by atoms with Crippen LogP contribution in [0, 0.1) is 0 Å². The Morgan fingerprint density at radius 1 is 1.28 bits per heavy atom. The van der Waals surface area contributed by atoms with Gasteiger partial charge in [-0.25, -0.2) is 4.79 Å². The van der Waals surface area contributed by atoms with E-state index in [1.54, 1.807) is 30.3 Å². The molecule has 2 N–H and O–H groups in total. The van der Waals surface area contributed by atoms with E-state index in [0.29, 0.717) is 24.7 Å². The van der Waals surface area contributed by atoms with Gasteiger partial charge < -0.3 is 19.7 Å². The SMILES string of the molecule is Cn1cccc(NC(=O)N2CCN(c3cc(C4CC4)[nH]n3)CC2)c1=O. The van der Waals surface area contributed by atoms with Gasteiger partial charge >= 0.3 is 6.03 Å². The van der Waals surface area contributed by atoms with Gasteiger partial charge in [-0.1, -0.05) is 0 Å². The molecule has 8 nitrogen and oxygen atoms in total. The summed E-state index contributed by atoms with van der Waals surface area (Å²) < 4.78 is 1.45. The highest BCUT2D eigenvalue weighted by Gasteiger charge is 2.28. The van der Waals surface area contributed by atoms with Crippen molar-refractivity contribution in [3.63, 3.8) is 0 Å². The van der Waals surface area contributed by atoms with Crippen molar-refractivity contribution in [2.75, 3.05) is 36.4 Å². The van der Waals surface area contributed by atoms with E-state index in [9.17, 15) is 9.59 Å². The Kier molecular flexibility index (Phi) is 3.95. The smallest absolute Gasteiger partial charge is 0.322 e.